The predicted molar refractivity (Wildman–Crippen MR) is 66.3 cm³/mol. The quantitative estimate of drug-likeness (QED) is 0.731. The first-order chi connectivity index (χ1) is 8.49. The van der Waals surface area contributed by atoms with Crippen molar-refractivity contribution in [1.29, 1.82) is 0 Å². The van der Waals surface area contributed by atoms with Crippen LogP contribution in [0.15, 0.2) is 5.38 Å². The van der Waals surface area contributed by atoms with Crippen LogP contribution in [-0.2, 0) is 4.79 Å². The lowest BCUT2D eigenvalue weighted by Gasteiger charge is -2.12. The van der Waals surface area contributed by atoms with Gasteiger partial charge in [-0.2, -0.15) is 0 Å². The van der Waals surface area contributed by atoms with Crippen LogP contribution in [0.2, 0.25) is 0 Å². The average Bonchev–Trinajstić information content (AvgIpc) is 3.00. The number of nitrogens with two attached hydrogens (primary N) is 1. The molecule has 1 aliphatic carbocycles. The van der Waals surface area contributed by atoms with E-state index in [0.29, 0.717) is 5.01 Å². The Balaban J connectivity index is 2.03. The van der Waals surface area contributed by atoms with Crippen LogP contribution in [0.3, 0.4) is 0 Å². The van der Waals surface area contributed by atoms with Gasteiger partial charge in [-0.15, -0.1) is 11.3 Å². The van der Waals surface area contributed by atoms with E-state index in [9.17, 15) is 9.59 Å². The first-order valence-corrected chi connectivity index (χ1v) is 6.61. The normalized spacial score (nSPS) is 18.1. The number of amides is 1. The second-order valence-electron chi connectivity index (χ2n) is 4.49. The average molecular weight is 269 g/mol. The number of carboxylic acids is 1. The Morgan fingerprint density at radius 1 is 1.61 bits per heavy atom. The van der Waals surface area contributed by atoms with Crippen molar-refractivity contribution < 1.29 is 14.7 Å². The number of aliphatic carboxylic acids is 1. The summed E-state index contributed by atoms with van der Waals surface area (Å²) in [6.45, 7) is 1.78. The maximum Gasteiger partial charge on any atom is 0.326 e. The summed E-state index contributed by atoms with van der Waals surface area (Å²) in [6, 6.07) is -1.03. The molecule has 2 rings (SSSR count). The second kappa shape index (κ2) is 5.03. The predicted octanol–water partition coefficient (Wildman–Crippen LogP) is 0.756. The second-order valence-corrected chi connectivity index (χ2v) is 5.38. The molecule has 6 nitrogen and oxygen atoms in total. The van der Waals surface area contributed by atoms with Gasteiger partial charge in [-0.1, -0.05) is 0 Å². The van der Waals surface area contributed by atoms with E-state index in [0.717, 1.165) is 12.8 Å². The van der Waals surface area contributed by atoms with Gasteiger partial charge in [-0.25, -0.2) is 9.78 Å². The zero-order valence-electron chi connectivity index (χ0n) is 9.92. The number of nitrogens with zero attached hydrogens (tertiary/aromatic N) is 1. The van der Waals surface area contributed by atoms with E-state index < -0.39 is 17.9 Å². The number of nitrogens with one attached hydrogen (secondary N) is 1. The number of thiazole rings is 1. The summed E-state index contributed by atoms with van der Waals surface area (Å²) < 4.78 is 0. The maximum atomic E-state index is 11.9. The molecule has 1 amide bonds. The minimum atomic E-state index is -0.992. The Kier molecular flexibility index (Phi) is 3.63. The number of carbonyl (C=O) groups excluding carboxylic acids is 1. The molecule has 0 spiro atoms. The van der Waals surface area contributed by atoms with Gasteiger partial charge in [-0.3, -0.25) is 4.79 Å². The Morgan fingerprint density at radius 2 is 2.28 bits per heavy atom. The van der Waals surface area contributed by atoms with E-state index in [2.05, 4.69) is 10.3 Å². The van der Waals surface area contributed by atoms with Crippen molar-refractivity contribution in [3.63, 3.8) is 0 Å². The molecule has 1 saturated carbocycles. The fourth-order valence-corrected chi connectivity index (χ4v) is 2.38. The van der Waals surface area contributed by atoms with E-state index >= 15 is 0 Å². The number of hydrogen-bond donors (Lipinski definition) is 3. The molecule has 1 heterocycles. The van der Waals surface area contributed by atoms with Gasteiger partial charge in [-0.05, 0) is 25.7 Å². The number of hydrogen-bond acceptors (Lipinski definition) is 5. The molecule has 0 aromatic carbocycles. The van der Waals surface area contributed by atoms with Crippen LogP contribution in [-0.4, -0.2) is 28.0 Å². The molecule has 1 aromatic rings. The fraction of sp³-hybridized carbons (Fsp3) is 0.545. The molecular weight excluding hydrogens is 254 g/mol. The topological polar surface area (TPSA) is 105 Å². The monoisotopic (exact) mass is 269 g/mol. The number of carboxylic acid groups (broad SMARTS) is 1. The molecule has 2 unspecified atom stereocenters. The SMILES string of the molecule is CC(N)c1nc(C(=O)NC(C(=O)O)C2CC2)cs1. The van der Waals surface area contributed by atoms with Crippen molar-refractivity contribution in [2.45, 2.75) is 31.8 Å². The lowest BCUT2D eigenvalue weighted by Crippen LogP contribution is -2.42. The van der Waals surface area contributed by atoms with Crippen LogP contribution >= 0.6 is 11.3 Å². The fourth-order valence-electron chi connectivity index (χ4n) is 1.63. The largest absolute Gasteiger partial charge is 0.480 e. The molecular formula is C11H15N3O3S. The zero-order chi connectivity index (χ0) is 13.3. The first-order valence-electron chi connectivity index (χ1n) is 5.73. The Hall–Kier alpha value is -1.47. The van der Waals surface area contributed by atoms with Gasteiger partial charge in [0.05, 0.1) is 6.04 Å². The number of aromatic nitrogens is 1. The third-order valence-electron chi connectivity index (χ3n) is 2.79. The summed E-state index contributed by atoms with van der Waals surface area (Å²) in [7, 11) is 0. The summed E-state index contributed by atoms with van der Waals surface area (Å²) in [5.41, 5.74) is 5.89. The van der Waals surface area contributed by atoms with Gasteiger partial charge in [0.15, 0.2) is 0 Å². The van der Waals surface area contributed by atoms with Crippen molar-refractivity contribution in [2.75, 3.05) is 0 Å². The van der Waals surface area contributed by atoms with Crippen LogP contribution in [0.1, 0.15) is 41.3 Å². The highest BCUT2D eigenvalue weighted by Gasteiger charge is 2.37. The molecule has 4 N–H and O–H groups in total. The molecule has 98 valence electrons. The Morgan fingerprint density at radius 3 is 2.72 bits per heavy atom. The maximum absolute atomic E-state index is 11.9. The standard InChI is InChI=1S/C11H15N3O3S/c1-5(12)10-13-7(4-18-10)9(15)14-8(11(16)17)6-2-3-6/h4-6,8H,2-3,12H2,1H3,(H,14,15)(H,16,17). The molecule has 1 fully saturated rings. The van der Waals surface area contributed by atoms with E-state index in [-0.39, 0.29) is 17.7 Å². The third-order valence-corrected chi connectivity index (χ3v) is 3.84. The van der Waals surface area contributed by atoms with Crippen LogP contribution in [0, 0.1) is 5.92 Å². The molecule has 0 radical (unpaired) electrons. The molecule has 7 heteroatoms. The molecule has 0 bridgehead atoms. The van der Waals surface area contributed by atoms with Crippen LogP contribution in [0.5, 0.6) is 0 Å². The molecule has 0 saturated heterocycles. The Labute approximate surface area is 108 Å². The molecule has 18 heavy (non-hydrogen) atoms. The van der Waals surface area contributed by atoms with Crippen LogP contribution in [0.4, 0.5) is 0 Å². The third kappa shape index (κ3) is 2.85. The van der Waals surface area contributed by atoms with Gasteiger partial charge in [0.2, 0.25) is 0 Å². The Bertz CT molecular complexity index is 468. The molecule has 0 aliphatic heterocycles. The van der Waals surface area contributed by atoms with Crippen LogP contribution in [0.25, 0.3) is 0 Å². The van der Waals surface area contributed by atoms with E-state index in [4.69, 9.17) is 10.8 Å². The molecule has 1 aliphatic rings. The smallest absolute Gasteiger partial charge is 0.326 e. The van der Waals surface area contributed by atoms with Crippen molar-refractivity contribution in [3.8, 4) is 0 Å². The van der Waals surface area contributed by atoms with Crippen molar-refractivity contribution in [3.05, 3.63) is 16.1 Å². The highest BCUT2D eigenvalue weighted by molar-refractivity contribution is 7.09. The van der Waals surface area contributed by atoms with Crippen molar-refractivity contribution >= 4 is 23.2 Å². The van der Waals surface area contributed by atoms with Gasteiger partial charge >= 0.3 is 5.97 Å². The number of rotatable bonds is 5. The molecule has 2 atom stereocenters. The van der Waals surface area contributed by atoms with Crippen molar-refractivity contribution in [2.24, 2.45) is 11.7 Å². The highest BCUT2D eigenvalue weighted by Crippen LogP contribution is 2.32. The highest BCUT2D eigenvalue weighted by atomic mass is 32.1. The van der Waals surface area contributed by atoms with Gasteiger partial charge in [0.25, 0.3) is 5.91 Å². The summed E-state index contributed by atoms with van der Waals surface area (Å²) in [6.07, 6.45) is 1.69. The number of carbonyl (C=O) groups is 2. The van der Waals surface area contributed by atoms with Gasteiger partial charge in [0, 0.05) is 5.38 Å². The summed E-state index contributed by atoms with van der Waals surface area (Å²) >= 11 is 1.30. The molecule has 1 aromatic heterocycles. The van der Waals surface area contributed by atoms with E-state index in [1.165, 1.54) is 11.3 Å². The van der Waals surface area contributed by atoms with Gasteiger partial charge < -0.3 is 16.2 Å². The lowest BCUT2D eigenvalue weighted by molar-refractivity contribution is -0.139. The van der Waals surface area contributed by atoms with E-state index in [1.807, 2.05) is 0 Å². The summed E-state index contributed by atoms with van der Waals surface area (Å²) in [5.74, 6) is -1.39. The minimum Gasteiger partial charge on any atom is -0.480 e. The minimum absolute atomic E-state index is 0.0537. The first kappa shape index (κ1) is 13.0. The zero-order valence-corrected chi connectivity index (χ0v) is 10.7. The van der Waals surface area contributed by atoms with Gasteiger partial charge in [0.1, 0.15) is 16.7 Å². The van der Waals surface area contributed by atoms with Crippen LogP contribution < -0.4 is 11.1 Å². The van der Waals surface area contributed by atoms with Crippen molar-refractivity contribution in [1.82, 2.24) is 10.3 Å². The summed E-state index contributed by atoms with van der Waals surface area (Å²) in [4.78, 5) is 27.0. The lowest BCUT2D eigenvalue weighted by atomic mass is 10.2. The summed E-state index contributed by atoms with van der Waals surface area (Å²) in [5, 5.41) is 13.8. The van der Waals surface area contributed by atoms with E-state index in [1.54, 1.807) is 12.3 Å².